The summed E-state index contributed by atoms with van der Waals surface area (Å²) in [7, 11) is 3.94. The Hall–Kier alpha value is -2.67. The van der Waals surface area contributed by atoms with Crippen molar-refractivity contribution in [2.24, 2.45) is 0 Å². The van der Waals surface area contributed by atoms with Crippen LogP contribution in [0.5, 0.6) is 5.88 Å². The van der Waals surface area contributed by atoms with Gasteiger partial charge in [-0.05, 0) is 33.0 Å². The first-order valence-electron chi connectivity index (χ1n) is 8.33. The number of ether oxygens (including phenoxy) is 1. The van der Waals surface area contributed by atoms with Gasteiger partial charge in [0.25, 0.3) is 5.91 Å². The Morgan fingerprint density at radius 3 is 2.92 bits per heavy atom. The van der Waals surface area contributed by atoms with E-state index in [1.807, 2.05) is 19.0 Å². The quantitative estimate of drug-likeness (QED) is 0.840. The van der Waals surface area contributed by atoms with Gasteiger partial charge in [0, 0.05) is 30.9 Å². The van der Waals surface area contributed by atoms with E-state index in [9.17, 15) is 9.59 Å². The van der Waals surface area contributed by atoms with E-state index in [4.69, 9.17) is 4.74 Å². The van der Waals surface area contributed by atoms with Crippen LogP contribution in [0.4, 0.5) is 5.69 Å². The van der Waals surface area contributed by atoms with Crippen molar-refractivity contribution in [3.8, 4) is 5.88 Å². The number of fused-ring (bicyclic) bond motifs is 1. The number of likely N-dealkylation sites (N-methyl/N-ethyl adjacent to an activating group) is 1. The number of ketones is 1. The lowest BCUT2D eigenvalue weighted by atomic mass is 9.93. The number of amides is 1. The summed E-state index contributed by atoms with van der Waals surface area (Å²) >= 11 is 0. The topological polar surface area (TPSA) is 87.3 Å². The fourth-order valence-corrected chi connectivity index (χ4v) is 2.78. The molecule has 0 aromatic carbocycles. The highest BCUT2D eigenvalue weighted by molar-refractivity contribution is 6.13. The molecule has 0 radical (unpaired) electrons. The summed E-state index contributed by atoms with van der Waals surface area (Å²) in [4.78, 5) is 33.8. The van der Waals surface area contributed by atoms with E-state index >= 15 is 0 Å². The van der Waals surface area contributed by atoms with E-state index in [0.29, 0.717) is 35.7 Å². The molecule has 0 unspecified atom stereocenters. The van der Waals surface area contributed by atoms with E-state index in [1.54, 1.807) is 24.5 Å². The number of rotatable bonds is 6. The largest absolute Gasteiger partial charge is 0.476 e. The Morgan fingerprint density at radius 1 is 1.36 bits per heavy atom. The Balaban J connectivity index is 1.64. The van der Waals surface area contributed by atoms with Crippen LogP contribution in [-0.4, -0.2) is 53.8 Å². The molecular formula is C18H22N4O3. The molecule has 0 spiro atoms. The van der Waals surface area contributed by atoms with Gasteiger partial charge in [0.1, 0.15) is 6.61 Å². The molecule has 2 aromatic heterocycles. The molecule has 2 N–H and O–H groups in total. The van der Waals surface area contributed by atoms with Crippen LogP contribution in [0.25, 0.3) is 0 Å². The van der Waals surface area contributed by atoms with E-state index in [1.165, 1.54) is 0 Å². The predicted molar refractivity (Wildman–Crippen MR) is 94.3 cm³/mol. The van der Waals surface area contributed by atoms with Gasteiger partial charge in [0.2, 0.25) is 5.88 Å². The summed E-state index contributed by atoms with van der Waals surface area (Å²) in [6.07, 6.45) is 5.27. The van der Waals surface area contributed by atoms with Crippen LogP contribution in [0.2, 0.25) is 0 Å². The minimum Gasteiger partial charge on any atom is -0.476 e. The average Bonchev–Trinajstić information content (AvgIpc) is 3.02. The van der Waals surface area contributed by atoms with Crippen molar-refractivity contribution in [3.63, 3.8) is 0 Å². The molecule has 132 valence electrons. The molecule has 7 heteroatoms. The number of carbonyl (C=O) groups is 2. The maximum Gasteiger partial charge on any atom is 0.257 e. The summed E-state index contributed by atoms with van der Waals surface area (Å²) in [5.41, 5.74) is 2.33. The number of nitrogens with one attached hydrogen (secondary N) is 2. The third-order valence-electron chi connectivity index (χ3n) is 4.10. The Morgan fingerprint density at radius 2 is 2.20 bits per heavy atom. The summed E-state index contributed by atoms with van der Waals surface area (Å²) < 4.78 is 5.52. The summed E-state index contributed by atoms with van der Waals surface area (Å²) in [6, 6.07) is 3.44. The number of Topliss-reactive ketones (excluding diaryl/α,β-unsaturated/α-hetero) is 1. The van der Waals surface area contributed by atoms with E-state index in [2.05, 4.69) is 15.3 Å². The number of H-pyrrole nitrogens is 1. The average molecular weight is 342 g/mol. The van der Waals surface area contributed by atoms with Gasteiger partial charge in [-0.2, -0.15) is 0 Å². The van der Waals surface area contributed by atoms with Crippen molar-refractivity contribution in [1.82, 2.24) is 14.9 Å². The molecule has 0 bridgehead atoms. The number of aromatic amines is 1. The van der Waals surface area contributed by atoms with Gasteiger partial charge in [0.05, 0.1) is 23.0 Å². The van der Waals surface area contributed by atoms with Crippen LogP contribution in [0.3, 0.4) is 0 Å². The Labute approximate surface area is 146 Å². The summed E-state index contributed by atoms with van der Waals surface area (Å²) in [5, 5.41) is 2.78. The minimum atomic E-state index is -0.309. The number of pyridine rings is 1. The highest BCUT2D eigenvalue weighted by Crippen LogP contribution is 2.24. The second-order valence-corrected chi connectivity index (χ2v) is 6.32. The molecule has 2 aromatic rings. The number of carbonyl (C=O) groups excluding carboxylic acids is 2. The zero-order valence-corrected chi connectivity index (χ0v) is 14.5. The van der Waals surface area contributed by atoms with Crippen molar-refractivity contribution in [1.29, 1.82) is 0 Å². The maximum absolute atomic E-state index is 12.5. The first-order chi connectivity index (χ1) is 12.0. The molecule has 25 heavy (non-hydrogen) atoms. The van der Waals surface area contributed by atoms with Crippen molar-refractivity contribution >= 4 is 17.4 Å². The molecule has 1 aliphatic rings. The van der Waals surface area contributed by atoms with Crippen LogP contribution < -0.4 is 10.1 Å². The SMILES string of the molecule is CN(C)CCOc1ccc(NC(=O)c2c[nH]c3c2C(=O)CCC3)cn1. The molecule has 1 aliphatic carbocycles. The van der Waals surface area contributed by atoms with Crippen LogP contribution in [0.15, 0.2) is 24.5 Å². The lowest BCUT2D eigenvalue weighted by Gasteiger charge is -2.12. The first-order valence-corrected chi connectivity index (χ1v) is 8.33. The zero-order chi connectivity index (χ0) is 17.8. The molecule has 0 aliphatic heterocycles. The molecule has 3 rings (SSSR count). The van der Waals surface area contributed by atoms with E-state index in [0.717, 1.165) is 25.1 Å². The van der Waals surface area contributed by atoms with Crippen molar-refractivity contribution in [2.45, 2.75) is 19.3 Å². The molecule has 2 heterocycles. The summed E-state index contributed by atoms with van der Waals surface area (Å²) in [5.74, 6) is 0.222. The van der Waals surface area contributed by atoms with Gasteiger partial charge in [0.15, 0.2) is 5.78 Å². The fourth-order valence-electron chi connectivity index (χ4n) is 2.78. The third-order valence-corrected chi connectivity index (χ3v) is 4.10. The Bertz CT molecular complexity index is 765. The normalized spacial score (nSPS) is 13.6. The molecule has 0 saturated carbocycles. The van der Waals surface area contributed by atoms with Crippen molar-refractivity contribution in [3.05, 3.63) is 41.3 Å². The van der Waals surface area contributed by atoms with Gasteiger partial charge in [-0.3, -0.25) is 9.59 Å². The van der Waals surface area contributed by atoms with Gasteiger partial charge in [-0.15, -0.1) is 0 Å². The molecule has 1 amide bonds. The molecule has 0 atom stereocenters. The van der Waals surface area contributed by atoms with Crippen molar-refractivity contribution in [2.75, 3.05) is 32.6 Å². The van der Waals surface area contributed by atoms with Crippen LogP contribution in [0, 0.1) is 0 Å². The standard InChI is InChI=1S/C18H22N4O3/c1-22(2)8-9-25-16-7-6-12(10-20-16)21-18(24)13-11-19-14-4-3-5-15(23)17(13)14/h6-7,10-11,19H,3-5,8-9H2,1-2H3,(H,21,24). The fraction of sp³-hybridized carbons (Fsp3) is 0.389. The number of nitrogens with zero attached hydrogens (tertiary/aromatic N) is 2. The van der Waals surface area contributed by atoms with Gasteiger partial charge in [-0.25, -0.2) is 4.98 Å². The minimum absolute atomic E-state index is 0.0235. The molecule has 0 fully saturated rings. The number of aromatic nitrogens is 2. The third kappa shape index (κ3) is 4.06. The highest BCUT2D eigenvalue weighted by Gasteiger charge is 2.25. The van der Waals surface area contributed by atoms with Crippen molar-refractivity contribution < 1.29 is 14.3 Å². The van der Waals surface area contributed by atoms with Gasteiger partial charge >= 0.3 is 0 Å². The van der Waals surface area contributed by atoms with E-state index < -0.39 is 0 Å². The first kappa shape index (κ1) is 17.2. The predicted octanol–water partition coefficient (Wildman–Crippen LogP) is 2.12. The van der Waals surface area contributed by atoms with Gasteiger partial charge < -0.3 is 19.9 Å². The molecular weight excluding hydrogens is 320 g/mol. The second-order valence-electron chi connectivity index (χ2n) is 6.32. The zero-order valence-electron chi connectivity index (χ0n) is 14.5. The number of hydrogen-bond acceptors (Lipinski definition) is 5. The maximum atomic E-state index is 12.5. The van der Waals surface area contributed by atoms with Crippen LogP contribution in [-0.2, 0) is 6.42 Å². The highest BCUT2D eigenvalue weighted by atomic mass is 16.5. The van der Waals surface area contributed by atoms with E-state index in [-0.39, 0.29) is 11.7 Å². The molecule has 7 nitrogen and oxygen atoms in total. The monoisotopic (exact) mass is 342 g/mol. The number of aryl methyl sites for hydroxylation is 1. The Kier molecular flexibility index (Phi) is 5.14. The lowest BCUT2D eigenvalue weighted by Crippen LogP contribution is -2.19. The number of anilines is 1. The van der Waals surface area contributed by atoms with Gasteiger partial charge in [-0.1, -0.05) is 0 Å². The second kappa shape index (κ2) is 7.48. The smallest absolute Gasteiger partial charge is 0.257 e. The van der Waals surface area contributed by atoms with Crippen LogP contribution >= 0.6 is 0 Å². The number of hydrogen-bond donors (Lipinski definition) is 2. The lowest BCUT2D eigenvalue weighted by molar-refractivity contribution is 0.0956. The van der Waals surface area contributed by atoms with Crippen LogP contribution in [0.1, 0.15) is 39.3 Å². The summed E-state index contributed by atoms with van der Waals surface area (Å²) in [6.45, 7) is 1.34. The molecule has 0 saturated heterocycles.